The number of rotatable bonds is 8. The first-order chi connectivity index (χ1) is 24.0. The standard InChI is InChI=1S/C48H56Si/c1-5-33-31-45-41(39-27-23-37(24-28-39)35-15-9-7-10-16-35)19-13-21-43(45)47(33)49(3,4)48-34(6-2)32-46-42(20-14-22-44(46)48)40-29-25-38(26-30-40)36-17-11-8-12-18-36/h13-14,19-32,35-36,47-48H,5-12,15-18H2,1-4H3. The molecule has 0 N–H and O–H groups in total. The molecule has 0 spiro atoms. The Morgan fingerprint density at radius 2 is 0.878 bits per heavy atom. The summed E-state index contributed by atoms with van der Waals surface area (Å²) in [6.07, 6.45) is 21.3. The van der Waals surface area contributed by atoms with E-state index in [1.165, 1.54) is 97.6 Å². The van der Waals surface area contributed by atoms with Crippen LogP contribution in [0.4, 0.5) is 0 Å². The molecule has 8 rings (SSSR count). The first kappa shape index (κ1) is 32.8. The highest BCUT2D eigenvalue weighted by Crippen LogP contribution is 2.55. The lowest BCUT2D eigenvalue weighted by molar-refractivity contribution is 0.443. The third-order valence-electron chi connectivity index (χ3n) is 13.2. The van der Waals surface area contributed by atoms with Gasteiger partial charge in [-0.15, -0.1) is 0 Å². The second kappa shape index (κ2) is 13.7. The van der Waals surface area contributed by atoms with Crippen molar-refractivity contribution in [2.75, 3.05) is 0 Å². The monoisotopic (exact) mass is 660 g/mol. The fourth-order valence-electron chi connectivity index (χ4n) is 10.7. The van der Waals surface area contributed by atoms with Crippen LogP contribution in [0.2, 0.25) is 13.1 Å². The van der Waals surface area contributed by atoms with Gasteiger partial charge >= 0.3 is 0 Å². The van der Waals surface area contributed by atoms with Gasteiger partial charge in [0.15, 0.2) is 0 Å². The molecule has 4 aliphatic rings. The van der Waals surface area contributed by atoms with Crippen LogP contribution >= 0.6 is 0 Å². The number of allylic oxidation sites excluding steroid dienone is 2. The number of hydrogen-bond donors (Lipinski definition) is 0. The van der Waals surface area contributed by atoms with Crippen molar-refractivity contribution in [1.82, 2.24) is 0 Å². The summed E-state index contributed by atoms with van der Waals surface area (Å²) in [4.78, 5) is 0. The van der Waals surface area contributed by atoms with Crippen molar-refractivity contribution in [2.45, 2.75) is 127 Å². The van der Waals surface area contributed by atoms with Gasteiger partial charge in [0, 0.05) is 11.1 Å². The van der Waals surface area contributed by atoms with E-state index in [4.69, 9.17) is 0 Å². The Kier molecular flexibility index (Phi) is 9.17. The molecule has 0 radical (unpaired) electrons. The largest absolute Gasteiger partial charge is 0.0722 e. The number of fused-ring (bicyclic) bond motifs is 2. The minimum atomic E-state index is -1.96. The Balaban J connectivity index is 1.13. The predicted octanol–water partition coefficient (Wildman–Crippen LogP) is 14.4. The van der Waals surface area contributed by atoms with Gasteiger partial charge in [0.2, 0.25) is 0 Å². The topological polar surface area (TPSA) is 0 Å². The average molecular weight is 661 g/mol. The van der Waals surface area contributed by atoms with E-state index in [0.29, 0.717) is 11.1 Å². The zero-order chi connectivity index (χ0) is 33.5. The average Bonchev–Trinajstić information content (AvgIpc) is 3.75. The SMILES string of the molecule is CCC1=Cc2c(-c3ccc(C4CCCCC4)cc3)cccc2C1[Si](C)(C)C1C(CC)=Cc2c(-c3ccc(C4CCCCC4)cc3)cccc21. The van der Waals surface area contributed by atoms with Crippen molar-refractivity contribution in [2.24, 2.45) is 0 Å². The summed E-state index contributed by atoms with van der Waals surface area (Å²) in [5.74, 6) is 1.51. The molecule has 0 bridgehead atoms. The van der Waals surface area contributed by atoms with Crippen molar-refractivity contribution in [3.05, 3.63) is 129 Å². The normalized spacial score (nSPS) is 21.3. The number of benzene rings is 4. The highest BCUT2D eigenvalue weighted by molar-refractivity contribution is 6.81. The predicted molar refractivity (Wildman–Crippen MR) is 215 cm³/mol. The van der Waals surface area contributed by atoms with Gasteiger partial charge in [-0.1, -0.05) is 174 Å². The van der Waals surface area contributed by atoms with Crippen LogP contribution in [0.5, 0.6) is 0 Å². The fraction of sp³-hybridized carbons (Fsp3) is 0.417. The van der Waals surface area contributed by atoms with E-state index in [0.717, 1.165) is 24.7 Å². The molecule has 1 heteroatoms. The Hall–Kier alpha value is -3.42. The maximum atomic E-state index is 2.71. The van der Waals surface area contributed by atoms with Crippen LogP contribution in [0.15, 0.2) is 96.1 Å². The molecule has 49 heavy (non-hydrogen) atoms. The van der Waals surface area contributed by atoms with Gasteiger partial charge in [-0.3, -0.25) is 0 Å². The van der Waals surface area contributed by atoms with Gasteiger partial charge in [0.25, 0.3) is 0 Å². The van der Waals surface area contributed by atoms with Crippen LogP contribution in [-0.4, -0.2) is 8.07 Å². The van der Waals surface area contributed by atoms with Crippen LogP contribution in [0.1, 0.15) is 147 Å². The van der Waals surface area contributed by atoms with Gasteiger partial charge in [0.05, 0.1) is 8.07 Å². The van der Waals surface area contributed by atoms with Crippen molar-refractivity contribution in [3.8, 4) is 22.3 Å². The molecule has 4 aromatic carbocycles. The third-order valence-corrected chi connectivity index (χ3v) is 17.5. The molecule has 4 aliphatic carbocycles. The molecular weight excluding hydrogens is 605 g/mol. The van der Waals surface area contributed by atoms with E-state index in [2.05, 4.69) is 124 Å². The first-order valence-corrected chi connectivity index (χ1v) is 23.0. The molecule has 2 fully saturated rings. The summed E-state index contributed by atoms with van der Waals surface area (Å²) in [6.45, 7) is 10.2. The van der Waals surface area contributed by atoms with Gasteiger partial charge in [-0.25, -0.2) is 0 Å². The van der Waals surface area contributed by atoms with Crippen molar-refractivity contribution < 1.29 is 0 Å². The summed E-state index contributed by atoms with van der Waals surface area (Å²) in [6, 6.07) is 33.8. The molecule has 4 aromatic rings. The summed E-state index contributed by atoms with van der Waals surface area (Å²) in [7, 11) is -1.96. The summed E-state index contributed by atoms with van der Waals surface area (Å²) in [5, 5.41) is 0. The second-order valence-electron chi connectivity index (χ2n) is 16.4. The second-order valence-corrected chi connectivity index (χ2v) is 21.2. The first-order valence-electron chi connectivity index (χ1n) is 19.8. The van der Waals surface area contributed by atoms with Crippen LogP contribution in [-0.2, 0) is 0 Å². The molecule has 252 valence electrons. The summed E-state index contributed by atoms with van der Waals surface area (Å²) in [5.41, 5.74) is 19.2. The van der Waals surface area contributed by atoms with Crippen LogP contribution in [0.25, 0.3) is 34.4 Å². The van der Waals surface area contributed by atoms with E-state index in [-0.39, 0.29) is 0 Å². The Morgan fingerprint density at radius 1 is 0.490 bits per heavy atom. The highest BCUT2D eigenvalue weighted by Gasteiger charge is 2.48. The highest BCUT2D eigenvalue weighted by atomic mass is 28.3. The van der Waals surface area contributed by atoms with E-state index < -0.39 is 8.07 Å². The molecule has 0 amide bonds. The Morgan fingerprint density at radius 3 is 1.24 bits per heavy atom. The minimum absolute atomic E-state index is 0.526. The van der Waals surface area contributed by atoms with Gasteiger partial charge in [0.1, 0.15) is 0 Å². The maximum Gasteiger partial charge on any atom is 0.0722 e. The third kappa shape index (κ3) is 5.95. The van der Waals surface area contributed by atoms with Gasteiger partial charge in [-0.2, -0.15) is 0 Å². The van der Waals surface area contributed by atoms with Crippen molar-refractivity contribution >= 4 is 20.2 Å². The van der Waals surface area contributed by atoms with E-state index in [1.54, 1.807) is 33.4 Å². The molecule has 0 aromatic heterocycles. The van der Waals surface area contributed by atoms with E-state index in [1.807, 2.05) is 0 Å². The van der Waals surface area contributed by atoms with Crippen molar-refractivity contribution in [3.63, 3.8) is 0 Å². The smallest absolute Gasteiger partial charge is 0.0679 e. The maximum absolute atomic E-state index is 2.71. The van der Waals surface area contributed by atoms with E-state index >= 15 is 0 Å². The molecule has 2 saturated carbocycles. The van der Waals surface area contributed by atoms with E-state index in [9.17, 15) is 0 Å². The lowest BCUT2D eigenvalue weighted by atomic mass is 9.83. The van der Waals surface area contributed by atoms with Crippen LogP contribution < -0.4 is 0 Å². The Bertz CT molecular complexity index is 1720. The molecule has 0 nitrogen and oxygen atoms in total. The quantitative estimate of drug-likeness (QED) is 0.165. The van der Waals surface area contributed by atoms with Gasteiger partial charge in [-0.05, 0) is 106 Å². The zero-order valence-electron chi connectivity index (χ0n) is 30.5. The van der Waals surface area contributed by atoms with Gasteiger partial charge < -0.3 is 0 Å². The number of hydrogen-bond acceptors (Lipinski definition) is 0. The lowest BCUT2D eigenvalue weighted by Gasteiger charge is -2.40. The molecule has 0 aliphatic heterocycles. The van der Waals surface area contributed by atoms with Crippen LogP contribution in [0.3, 0.4) is 0 Å². The molecular formula is C48H56Si. The Labute approximate surface area is 297 Å². The summed E-state index contributed by atoms with van der Waals surface area (Å²) < 4.78 is 0. The van der Waals surface area contributed by atoms with Crippen LogP contribution in [0, 0.1) is 0 Å². The lowest BCUT2D eigenvalue weighted by Crippen LogP contribution is -2.42. The zero-order valence-corrected chi connectivity index (χ0v) is 31.5. The molecule has 2 unspecified atom stereocenters. The summed E-state index contributed by atoms with van der Waals surface area (Å²) >= 11 is 0. The van der Waals surface area contributed by atoms with Crippen molar-refractivity contribution in [1.29, 1.82) is 0 Å². The molecule has 0 saturated heterocycles. The molecule has 2 atom stereocenters. The fourth-order valence-corrected chi connectivity index (χ4v) is 15.6. The molecule has 0 heterocycles. The minimum Gasteiger partial charge on any atom is -0.0679 e.